The molecule has 2 atom stereocenters. The first-order valence-corrected chi connectivity index (χ1v) is 9.36. The average molecular weight is 372 g/mol. The maximum atomic E-state index is 12.6. The van der Waals surface area contributed by atoms with Crippen LogP contribution >= 0.6 is 0 Å². The van der Waals surface area contributed by atoms with E-state index in [0.717, 1.165) is 11.1 Å². The van der Waals surface area contributed by atoms with Gasteiger partial charge in [0, 0.05) is 11.1 Å². The topological polar surface area (TPSA) is 58.2 Å². The van der Waals surface area contributed by atoms with Crippen LogP contribution < -0.4 is 10.6 Å². The second-order valence-corrected chi connectivity index (χ2v) is 6.79. The van der Waals surface area contributed by atoms with Crippen LogP contribution in [0.25, 0.3) is 0 Å². The lowest BCUT2D eigenvalue weighted by molar-refractivity contribution is 0.0939. The number of hydrogen-bond acceptors (Lipinski definition) is 2. The number of carbonyl (C=O) groups is 2. The van der Waals surface area contributed by atoms with Crippen molar-refractivity contribution in [2.45, 2.75) is 25.9 Å². The normalized spacial score (nSPS) is 12.6. The van der Waals surface area contributed by atoms with E-state index in [9.17, 15) is 9.59 Å². The van der Waals surface area contributed by atoms with Crippen molar-refractivity contribution in [1.29, 1.82) is 0 Å². The predicted molar refractivity (Wildman–Crippen MR) is 111 cm³/mol. The van der Waals surface area contributed by atoms with Gasteiger partial charge in [-0.3, -0.25) is 9.59 Å². The minimum atomic E-state index is -0.206. The molecule has 2 amide bonds. The van der Waals surface area contributed by atoms with Gasteiger partial charge in [0.05, 0.1) is 12.1 Å². The Bertz CT molecular complexity index is 864. The molecule has 0 saturated heterocycles. The Labute approximate surface area is 165 Å². The van der Waals surface area contributed by atoms with Crippen LogP contribution in [0.1, 0.15) is 57.8 Å². The standard InChI is InChI=1S/C24H24N2O2/c1-17(19-10-5-3-6-11-19)25-23(27)21-14-9-15-22(16-21)24(28)26-18(2)20-12-7-4-8-13-20/h3-18H,1-2H3,(H,25,27)(H,26,28)/t17-,18+. The molecule has 0 spiro atoms. The van der Waals surface area contributed by atoms with Crippen molar-refractivity contribution < 1.29 is 9.59 Å². The van der Waals surface area contributed by atoms with Gasteiger partial charge < -0.3 is 10.6 Å². The molecule has 28 heavy (non-hydrogen) atoms. The summed E-state index contributed by atoms with van der Waals surface area (Å²) in [6.45, 7) is 3.87. The first-order valence-electron chi connectivity index (χ1n) is 9.36. The van der Waals surface area contributed by atoms with Gasteiger partial charge in [-0.05, 0) is 43.2 Å². The second-order valence-electron chi connectivity index (χ2n) is 6.79. The van der Waals surface area contributed by atoms with E-state index >= 15 is 0 Å². The molecule has 3 aromatic rings. The van der Waals surface area contributed by atoms with Gasteiger partial charge in [-0.1, -0.05) is 66.7 Å². The largest absolute Gasteiger partial charge is 0.346 e. The lowest BCUT2D eigenvalue weighted by atomic mass is 10.1. The zero-order valence-corrected chi connectivity index (χ0v) is 16.1. The van der Waals surface area contributed by atoms with Crippen molar-refractivity contribution >= 4 is 11.8 Å². The molecule has 0 bridgehead atoms. The fourth-order valence-electron chi connectivity index (χ4n) is 3.01. The Morgan fingerprint density at radius 2 is 1.00 bits per heavy atom. The molecule has 2 N–H and O–H groups in total. The lowest BCUT2D eigenvalue weighted by Gasteiger charge is -2.16. The molecule has 0 aromatic heterocycles. The minimum Gasteiger partial charge on any atom is -0.346 e. The van der Waals surface area contributed by atoms with E-state index in [1.54, 1.807) is 24.3 Å². The zero-order valence-electron chi connectivity index (χ0n) is 16.1. The van der Waals surface area contributed by atoms with E-state index in [1.165, 1.54) is 0 Å². The van der Waals surface area contributed by atoms with Gasteiger partial charge in [0.25, 0.3) is 11.8 Å². The van der Waals surface area contributed by atoms with Gasteiger partial charge in [-0.2, -0.15) is 0 Å². The monoisotopic (exact) mass is 372 g/mol. The van der Waals surface area contributed by atoms with E-state index in [0.29, 0.717) is 11.1 Å². The van der Waals surface area contributed by atoms with Crippen LogP contribution in [-0.2, 0) is 0 Å². The minimum absolute atomic E-state index is 0.121. The highest BCUT2D eigenvalue weighted by molar-refractivity contribution is 5.99. The average Bonchev–Trinajstić information content (AvgIpc) is 2.75. The van der Waals surface area contributed by atoms with Gasteiger partial charge in [-0.15, -0.1) is 0 Å². The Balaban J connectivity index is 1.67. The first kappa shape index (κ1) is 19.4. The number of carbonyl (C=O) groups excluding carboxylic acids is 2. The van der Waals surface area contributed by atoms with E-state index < -0.39 is 0 Å². The molecule has 0 aliphatic heterocycles. The molecule has 0 fully saturated rings. The van der Waals surface area contributed by atoms with Crippen LogP contribution in [0.5, 0.6) is 0 Å². The van der Waals surface area contributed by atoms with Gasteiger partial charge in [0.15, 0.2) is 0 Å². The molecule has 0 radical (unpaired) electrons. The summed E-state index contributed by atoms with van der Waals surface area (Å²) < 4.78 is 0. The Kier molecular flexibility index (Phi) is 6.22. The van der Waals surface area contributed by atoms with Crippen molar-refractivity contribution in [2.75, 3.05) is 0 Å². The summed E-state index contributed by atoms with van der Waals surface area (Å²) in [6, 6.07) is 26.1. The summed E-state index contributed by atoms with van der Waals surface area (Å²) >= 11 is 0. The molecule has 0 heterocycles. The first-order chi connectivity index (χ1) is 13.5. The van der Waals surface area contributed by atoms with Crippen molar-refractivity contribution in [3.05, 3.63) is 107 Å². The van der Waals surface area contributed by atoms with Crippen molar-refractivity contribution in [1.82, 2.24) is 10.6 Å². The molecule has 4 heteroatoms. The smallest absolute Gasteiger partial charge is 0.251 e. The van der Waals surface area contributed by atoms with Crippen LogP contribution in [0.4, 0.5) is 0 Å². The molecule has 142 valence electrons. The predicted octanol–water partition coefficient (Wildman–Crippen LogP) is 4.67. The van der Waals surface area contributed by atoms with E-state index in [1.807, 2.05) is 74.5 Å². The molecule has 0 unspecified atom stereocenters. The SMILES string of the molecule is C[C@H](NC(=O)c1cccc(C(=O)N[C@H](C)c2ccccc2)c1)c1ccccc1. The van der Waals surface area contributed by atoms with Crippen LogP contribution in [0.15, 0.2) is 84.9 Å². The van der Waals surface area contributed by atoms with Crippen LogP contribution in [-0.4, -0.2) is 11.8 Å². The Morgan fingerprint density at radius 1 is 0.607 bits per heavy atom. The highest BCUT2D eigenvalue weighted by Gasteiger charge is 2.15. The molecular weight excluding hydrogens is 348 g/mol. The third-order valence-corrected chi connectivity index (χ3v) is 4.68. The zero-order chi connectivity index (χ0) is 19.9. The number of hydrogen-bond donors (Lipinski definition) is 2. The molecule has 4 nitrogen and oxygen atoms in total. The fourth-order valence-corrected chi connectivity index (χ4v) is 3.01. The fraction of sp³-hybridized carbons (Fsp3) is 0.167. The molecule has 3 aromatic carbocycles. The van der Waals surface area contributed by atoms with E-state index in [-0.39, 0.29) is 23.9 Å². The quantitative estimate of drug-likeness (QED) is 0.661. The maximum Gasteiger partial charge on any atom is 0.251 e. The maximum absolute atomic E-state index is 12.6. The summed E-state index contributed by atoms with van der Waals surface area (Å²) in [4.78, 5) is 25.2. The Morgan fingerprint density at radius 3 is 1.39 bits per heavy atom. The van der Waals surface area contributed by atoms with Crippen LogP contribution in [0.3, 0.4) is 0 Å². The summed E-state index contributed by atoms with van der Waals surface area (Å²) in [6.07, 6.45) is 0. The highest BCUT2D eigenvalue weighted by Crippen LogP contribution is 2.15. The summed E-state index contributed by atoms with van der Waals surface area (Å²) in [5, 5.41) is 5.95. The third-order valence-electron chi connectivity index (χ3n) is 4.68. The van der Waals surface area contributed by atoms with E-state index in [4.69, 9.17) is 0 Å². The number of rotatable bonds is 6. The van der Waals surface area contributed by atoms with Crippen molar-refractivity contribution in [2.24, 2.45) is 0 Å². The lowest BCUT2D eigenvalue weighted by Crippen LogP contribution is -2.28. The molecule has 0 aliphatic carbocycles. The van der Waals surface area contributed by atoms with E-state index in [2.05, 4.69) is 10.6 Å². The van der Waals surface area contributed by atoms with Crippen molar-refractivity contribution in [3.8, 4) is 0 Å². The van der Waals surface area contributed by atoms with Gasteiger partial charge in [0.1, 0.15) is 0 Å². The number of nitrogens with one attached hydrogen (secondary N) is 2. The Hall–Kier alpha value is -3.40. The molecular formula is C24H24N2O2. The van der Waals surface area contributed by atoms with Gasteiger partial charge in [0.2, 0.25) is 0 Å². The third kappa shape index (κ3) is 4.86. The molecule has 3 rings (SSSR count). The highest BCUT2D eigenvalue weighted by atomic mass is 16.2. The summed E-state index contributed by atoms with van der Waals surface area (Å²) in [7, 11) is 0. The van der Waals surface area contributed by atoms with Crippen LogP contribution in [0.2, 0.25) is 0 Å². The molecule has 0 aliphatic rings. The second kappa shape index (κ2) is 9.00. The summed E-state index contributed by atoms with van der Waals surface area (Å²) in [5.41, 5.74) is 2.98. The number of benzene rings is 3. The van der Waals surface area contributed by atoms with Crippen LogP contribution in [0, 0.1) is 0 Å². The molecule has 0 saturated carbocycles. The summed E-state index contributed by atoms with van der Waals surface area (Å²) in [5.74, 6) is -0.413. The van der Waals surface area contributed by atoms with Gasteiger partial charge >= 0.3 is 0 Å². The van der Waals surface area contributed by atoms with Crippen molar-refractivity contribution in [3.63, 3.8) is 0 Å². The van der Waals surface area contributed by atoms with Gasteiger partial charge in [-0.25, -0.2) is 0 Å². The number of amides is 2.